The van der Waals surface area contributed by atoms with Gasteiger partial charge in [-0.25, -0.2) is 4.98 Å². The van der Waals surface area contributed by atoms with Gasteiger partial charge in [-0.05, 0) is 36.5 Å². The van der Waals surface area contributed by atoms with Gasteiger partial charge >= 0.3 is 0 Å². The predicted octanol–water partition coefficient (Wildman–Crippen LogP) is 3.19. The Balaban J connectivity index is 2.23. The molecule has 2 aromatic rings. The van der Waals surface area contributed by atoms with Gasteiger partial charge in [0, 0.05) is 19.5 Å². The minimum Gasteiger partial charge on any atom is -0.331 e. The first kappa shape index (κ1) is 14.1. The van der Waals surface area contributed by atoms with Crippen molar-refractivity contribution >= 4 is 11.0 Å². The molecule has 104 valence electrons. The first-order valence-corrected chi connectivity index (χ1v) is 6.94. The highest BCUT2D eigenvalue weighted by Gasteiger charge is 2.18. The Kier molecular flexibility index (Phi) is 3.68. The van der Waals surface area contributed by atoms with E-state index in [1.54, 1.807) is 0 Å². The second-order valence-corrected chi connectivity index (χ2v) is 6.81. The smallest absolute Gasteiger partial charge is 0.111 e. The van der Waals surface area contributed by atoms with Crippen LogP contribution >= 0.6 is 0 Å². The van der Waals surface area contributed by atoms with Crippen LogP contribution in [0.25, 0.3) is 11.0 Å². The zero-order valence-electron chi connectivity index (χ0n) is 12.7. The van der Waals surface area contributed by atoms with Gasteiger partial charge in [-0.1, -0.05) is 26.8 Å². The van der Waals surface area contributed by atoms with Gasteiger partial charge in [-0.2, -0.15) is 0 Å². The Labute approximate surface area is 115 Å². The van der Waals surface area contributed by atoms with E-state index in [-0.39, 0.29) is 11.5 Å². The Morgan fingerprint density at radius 1 is 1.32 bits per heavy atom. The van der Waals surface area contributed by atoms with Crippen LogP contribution in [0.5, 0.6) is 0 Å². The molecule has 1 unspecified atom stereocenters. The molecule has 0 aliphatic carbocycles. The number of nitrogens with zero attached hydrogens (tertiary/aromatic N) is 2. The monoisotopic (exact) mass is 259 g/mol. The molecule has 1 aromatic carbocycles. The second kappa shape index (κ2) is 4.97. The molecule has 1 aromatic heterocycles. The van der Waals surface area contributed by atoms with Gasteiger partial charge in [-0.15, -0.1) is 0 Å². The zero-order valence-corrected chi connectivity index (χ0v) is 12.7. The summed E-state index contributed by atoms with van der Waals surface area (Å²) in [4.78, 5) is 4.73. The summed E-state index contributed by atoms with van der Waals surface area (Å²) in [5.74, 6) is 1.08. The molecule has 0 spiro atoms. The normalized spacial score (nSPS) is 14.0. The Hall–Kier alpha value is -1.35. The summed E-state index contributed by atoms with van der Waals surface area (Å²) >= 11 is 0. The Bertz CT molecular complexity index is 575. The van der Waals surface area contributed by atoms with E-state index in [9.17, 15) is 0 Å². The molecule has 3 nitrogen and oxygen atoms in total. The average molecular weight is 259 g/mol. The SMILES string of the molecule is Cc1ccc2c(c1)nc(CC(N)CC(C)(C)C)n2C. The van der Waals surface area contributed by atoms with Crippen molar-refractivity contribution in [2.45, 2.75) is 46.6 Å². The molecule has 0 aliphatic heterocycles. The molecule has 0 amide bonds. The van der Waals surface area contributed by atoms with Crippen LogP contribution in [0.15, 0.2) is 18.2 Å². The third kappa shape index (κ3) is 3.35. The minimum absolute atomic E-state index is 0.164. The van der Waals surface area contributed by atoms with Crippen molar-refractivity contribution in [2.75, 3.05) is 0 Å². The number of aromatic nitrogens is 2. The maximum atomic E-state index is 6.26. The van der Waals surface area contributed by atoms with Gasteiger partial charge in [0.05, 0.1) is 11.0 Å². The van der Waals surface area contributed by atoms with Crippen molar-refractivity contribution in [2.24, 2.45) is 18.2 Å². The topological polar surface area (TPSA) is 43.8 Å². The molecule has 0 saturated heterocycles. The molecule has 1 atom stereocenters. The number of hydrogen-bond acceptors (Lipinski definition) is 2. The number of benzene rings is 1. The third-order valence-electron chi connectivity index (χ3n) is 3.45. The van der Waals surface area contributed by atoms with E-state index >= 15 is 0 Å². The summed E-state index contributed by atoms with van der Waals surface area (Å²) in [6.07, 6.45) is 1.84. The van der Waals surface area contributed by atoms with Gasteiger partial charge in [0.2, 0.25) is 0 Å². The highest BCUT2D eigenvalue weighted by atomic mass is 15.1. The van der Waals surface area contributed by atoms with E-state index in [0.29, 0.717) is 0 Å². The summed E-state index contributed by atoms with van der Waals surface area (Å²) in [6, 6.07) is 6.56. The maximum Gasteiger partial charge on any atom is 0.111 e. The first-order valence-electron chi connectivity index (χ1n) is 6.94. The summed E-state index contributed by atoms with van der Waals surface area (Å²) in [5.41, 5.74) is 10.0. The van der Waals surface area contributed by atoms with Crippen molar-refractivity contribution in [1.29, 1.82) is 0 Å². The van der Waals surface area contributed by atoms with Crippen LogP contribution in [0.2, 0.25) is 0 Å². The summed E-state index contributed by atoms with van der Waals surface area (Å²) in [7, 11) is 2.07. The van der Waals surface area contributed by atoms with Gasteiger partial charge in [0.1, 0.15) is 5.82 Å². The lowest BCUT2D eigenvalue weighted by Crippen LogP contribution is -2.29. The van der Waals surface area contributed by atoms with E-state index in [2.05, 4.69) is 57.5 Å². The van der Waals surface area contributed by atoms with Crippen LogP contribution < -0.4 is 5.73 Å². The molecule has 0 bridgehead atoms. The molecule has 2 rings (SSSR count). The van der Waals surface area contributed by atoms with Crippen molar-refractivity contribution in [3.8, 4) is 0 Å². The van der Waals surface area contributed by atoms with E-state index in [1.807, 2.05) is 0 Å². The van der Waals surface area contributed by atoms with Gasteiger partial charge in [0.15, 0.2) is 0 Å². The number of hydrogen-bond donors (Lipinski definition) is 1. The zero-order chi connectivity index (χ0) is 14.2. The van der Waals surface area contributed by atoms with Crippen molar-refractivity contribution < 1.29 is 0 Å². The third-order valence-corrected chi connectivity index (χ3v) is 3.45. The number of nitrogens with two attached hydrogens (primary N) is 1. The van der Waals surface area contributed by atoms with Crippen LogP contribution in [0, 0.1) is 12.3 Å². The number of imidazole rings is 1. The summed E-state index contributed by atoms with van der Waals surface area (Å²) in [5, 5.41) is 0. The molecule has 3 heteroatoms. The lowest BCUT2D eigenvalue weighted by atomic mass is 9.87. The summed E-state index contributed by atoms with van der Waals surface area (Å²) < 4.78 is 2.16. The molecule has 0 fully saturated rings. The van der Waals surface area contributed by atoms with E-state index in [4.69, 9.17) is 10.7 Å². The van der Waals surface area contributed by atoms with E-state index in [1.165, 1.54) is 11.1 Å². The van der Waals surface area contributed by atoms with E-state index in [0.717, 1.165) is 24.2 Å². The first-order chi connectivity index (χ1) is 8.76. The fourth-order valence-electron chi connectivity index (χ4n) is 2.64. The van der Waals surface area contributed by atoms with E-state index < -0.39 is 0 Å². The van der Waals surface area contributed by atoms with Crippen LogP contribution in [0.4, 0.5) is 0 Å². The lowest BCUT2D eigenvalue weighted by molar-refractivity contribution is 0.335. The number of rotatable bonds is 3. The molecule has 0 aliphatic rings. The molecular weight excluding hydrogens is 234 g/mol. The highest BCUT2D eigenvalue weighted by Crippen LogP contribution is 2.23. The van der Waals surface area contributed by atoms with Crippen LogP contribution in [-0.2, 0) is 13.5 Å². The van der Waals surface area contributed by atoms with Crippen molar-refractivity contribution in [1.82, 2.24) is 9.55 Å². The fraction of sp³-hybridized carbons (Fsp3) is 0.562. The minimum atomic E-state index is 0.164. The molecule has 0 saturated carbocycles. The molecular formula is C16H25N3. The molecule has 1 heterocycles. The maximum absolute atomic E-state index is 6.26. The van der Waals surface area contributed by atoms with Crippen LogP contribution in [0.3, 0.4) is 0 Å². The van der Waals surface area contributed by atoms with Gasteiger partial charge in [0.25, 0.3) is 0 Å². The van der Waals surface area contributed by atoms with Crippen LogP contribution in [0.1, 0.15) is 38.6 Å². The fourth-order valence-corrected chi connectivity index (χ4v) is 2.64. The molecule has 19 heavy (non-hydrogen) atoms. The van der Waals surface area contributed by atoms with Crippen LogP contribution in [-0.4, -0.2) is 15.6 Å². The largest absolute Gasteiger partial charge is 0.331 e. The Morgan fingerprint density at radius 2 is 2.00 bits per heavy atom. The highest BCUT2D eigenvalue weighted by molar-refractivity contribution is 5.76. The van der Waals surface area contributed by atoms with Gasteiger partial charge < -0.3 is 10.3 Å². The quantitative estimate of drug-likeness (QED) is 0.920. The van der Waals surface area contributed by atoms with Crippen molar-refractivity contribution in [3.05, 3.63) is 29.6 Å². The number of fused-ring (bicyclic) bond motifs is 1. The summed E-state index contributed by atoms with van der Waals surface area (Å²) in [6.45, 7) is 8.78. The molecule has 0 radical (unpaired) electrons. The number of aryl methyl sites for hydroxylation is 2. The average Bonchev–Trinajstić information content (AvgIpc) is 2.52. The second-order valence-electron chi connectivity index (χ2n) is 6.81. The standard InChI is InChI=1S/C16H25N3/c1-11-6-7-14-13(8-11)18-15(19(14)5)9-12(17)10-16(2,3)4/h6-8,12H,9-10,17H2,1-5H3. The lowest BCUT2D eigenvalue weighted by Gasteiger charge is -2.22. The molecule has 2 N–H and O–H groups in total. The van der Waals surface area contributed by atoms with Gasteiger partial charge in [-0.3, -0.25) is 0 Å². The van der Waals surface area contributed by atoms with Crippen molar-refractivity contribution in [3.63, 3.8) is 0 Å². The predicted molar refractivity (Wildman–Crippen MR) is 81.2 cm³/mol. The Morgan fingerprint density at radius 3 is 2.63 bits per heavy atom.